The molecule has 0 amide bonds. The predicted molar refractivity (Wildman–Crippen MR) is 79.0 cm³/mol. The third-order valence-electron chi connectivity index (χ3n) is 4.38. The molecule has 3 rings (SSSR count). The molecule has 0 bridgehead atoms. The second-order valence-corrected chi connectivity index (χ2v) is 5.58. The van der Waals surface area contributed by atoms with Crippen molar-refractivity contribution in [3.8, 4) is 0 Å². The summed E-state index contributed by atoms with van der Waals surface area (Å²) in [5.74, 6) is 0. The van der Waals surface area contributed by atoms with Crippen molar-refractivity contribution in [3.05, 3.63) is 41.2 Å². The lowest BCUT2D eigenvalue weighted by molar-refractivity contribution is -0.0606. The number of hydrogen-bond donors (Lipinski definition) is 0. The Morgan fingerprint density at radius 3 is 2.60 bits per heavy atom. The van der Waals surface area contributed by atoms with Gasteiger partial charge >= 0.3 is 0 Å². The van der Waals surface area contributed by atoms with Crippen LogP contribution in [0.3, 0.4) is 0 Å². The Labute approximate surface area is 119 Å². The second kappa shape index (κ2) is 5.26. The summed E-state index contributed by atoms with van der Waals surface area (Å²) in [6.45, 7) is 12.5. The van der Waals surface area contributed by atoms with Crippen molar-refractivity contribution in [2.75, 3.05) is 19.6 Å². The monoisotopic (exact) mass is 269 g/mol. The third kappa shape index (κ3) is 2.41. The fourth-order valence-corrected chi connectivity index (χ4v) is 2.95. The van der Waals surface area contributed by atoms with Gasteiger partial charge in [-0.25, -0.2) is 4.85 Å². The van der Waals surface area contributed by atoms with Crippen molar-refractivity contribution in [1.82, 2.24) is 4.90 Å². The van der Waals surface area contributed by atoms with Gasteiger partial charge in [0.05, 0.1) is 12.3 Å². The minimum Gasteiger partial charge on any atom is -0.388 e. The zero-order valence-electron chi connectivity index (χ0n) is 11.8. The van der Waals surface area contributed by atoms with Crippen molar-refractivity contribution in [3.63, 3.8) is 0 Å². The third-order valence-corrected chi connectivity index (χ3v) is 4.38. The van der Waals surface area contributed by atoms with Crippen LogP contribution in [0.2, 0.25) is 0 Å². The molecule has 4 heteroatoms. The van der Waals surface area contributed by atoms with Crippen LogP contribution < -0.4 is 0 Å². The molecule has 0 saturated carbocycles. The van der Waals surface area contributed by atoms with Gasteiger partial charge in [-0.2, -0.15) is 0 Å². The van der Waals surface area contributed by atoms with Crippen LogP contribution >= 0.6 is 0 Å². The molecule has 0 aromatic heterocycles. The average Bonchev–Trinajstić information content (AvgIpc) is 2.92. The van der Waals surface area contributed by atoms with Crippen LogP contribution in [0.25, 0.3) is 4.85 Å². The fourth-order valence-electron chi connectivity index (χ4n) is 2.95. The molecule has 0 radical (unpaired) electrons. The number of piperidine rings is 1. The molecule has 1 fully saturated rings. The molecule has 0 atom stereocenters. The van der Waals surface area contributed by atoms with Crippen molar-refractivity contribution < 1.29 is 4.84 Å². The highest BCUT2D eigenvalue weighted by molar-refractivity contribution is 6.01. The van der Waals surface area contributed by atoms with E-state index in [0.717, 1.165) is 50.2 Å². The Kier molecular flexibility index (Phi) is 3.45. The van der Waals surface area contributed by atoms with Crippen LogP contribution in [0.1, 0.15) is 31.7 Å². The summed E-state index contributed by atoms with van der Waals surface area (Å²) in [4.78, 5) is 11.7. The van der Waals surface area contributed by atoms with Crippen molar-refractivity contribution in [2.45, 2.75) is 31.8 Å². The van der Waals surface area contributed by atoms with Crippen LogP contribution in [0.4, 0.5) is 5.69 Å². The average molecular weight is 269 g/mol. The van der Waals surface area contributed by atoms with Gasteiger partial charge in [-0.3, -0.25) is 0 Å². The van der Waals surface area contributed by atoms with Crippen LogP contribution in [-0.2, 0) is 4.84 Å². The first-order valence-electron chi connectivity index (χ1n) is 7.20. The maximum atomic E-state index is 6.98. The van der Waals surface area contributed by atoms with Crippen molar-refractivity contribution >= 4 is 11.4 Å². The molecule has 1 spiro atoms. The molecule has 1 aromatic rings. The van der Waals surface area contributed by atoms with Gasteiger partial charge in [-0.15, -0.1) is 0 Å². The Balaban J connectivity index is 1.68. The van der Waals surface area contributed by atoms with E-state index in [-0.39, 0.29) is 5.60 Å². The van der Waals surface area contributed by atoms with E-state index in [1.165, 1.54) is 0 Å². The lowest BCUT2D eigenvalue weighted by atomic mass is 9.85. The van der Waals surface area contributed by atoms with E-state index in [4.69, 9.17) is 11.4 Å². The highest BCUT2D eigenvalue weighted by atomic mass is 16.7. The predicted octanol–water partition coefficient (Wildman–Crippen LogP) is 3.22. The summed E-state index contributed by atoms with van der Waals surface area (Å²) in [5, 5.41) is 4.31. The summed E-state index contributed by atoms with van der Waals surface area (Å²) >= 11 is 0. The zero-order chi connectivity index (χ0) is 14.0. The van der Waals surface area contributed by atoms with Crippen molar-refractivity contribution in [1.29, 1.82) is 0 Å². The quantitative estimate of drug-likeness (QED) is 0.771. The van der Waals surface area contributed by atoms with E-state index in [9.17, 15) is 0 Å². The molecule has 0 N–H and O–H groups in total. The summed E-state index contributed by atoms with van der Waals surface area (Å²) in [5.41, 5.74) is 2.68. The van der Waals surface area contributed by atoms with E-state index in [1.807, 2.05) is 24.3 Å². The largest absolute Gasteiger partial charge is 0.388 e. The molecule has 1 saturated heterocycles. The molecular formula is C16H19N3O. The molecule has 2 aliphatic rings. The van der Waals surface area contributed by atoms with Crippen LogP contribution in [0.15, 0.2) is 29.4 Å². The van der Waals surface area contributed by atoms with E-state index >= 15 is 0 Å². The molecule has 104 valence electrons. The SMILES string of the molecule is [C-]#[N+]c1ccc(C2=NOC3(CCN(CC)CC3)C2)cc1. The van der Waals surface area contributed by atoms with E-state index in [2.05, 4.69) is 21.8 Å². The molecule has 2 heterocycles. The standard InChI is InChI=1S/C16H19N3O/c1-3-19-10-8-16(9-11-19)12-15(18-20-16)13-4-6-14(17-2)7-5-13/h4-7H,3,8-12H2,1H3. The Bertz CT molecular complexity index is 548. The number of nitrogens with zero attached hydrogens (tertiary/aromatic N) is 3. The van der Waals surface area contributed by atoms with E-state index < -0.39 is 0 Å². The highest BCUT2D eigenvalue weighted by Gasteiger charge is 2.41. The fraction of sp³-hybridized carbons (Fsp3) is 0.500. The van der Waals surface area contributed by atoms with Gasteiger partial charge in [0, 0.05) is 32.4 Å². The first-order chi connectivity index (χ1) is 9.74. The molecule has 0 unspecified atom stereocenters. The lowest BCUT2D eigenvalue weighted by Gasteiger charge is -2.36. The normalized spacial score (nSPS) is 21.3. The lowest BCUT2D eigenvalue weighted by Crippen LogP contribution is -2.44. The van der Waals surface area contributed by atoms with Crippen LogP contribution in [0, 0.1) is 6.57 Å². The molecule has 4 nitrogen and oxygen atoms in total. The highest BCUT2D eigenvalue weighted by Crippen LogP contribution is 2.36. The molecule has 20 heavy (non-hydrogen) atoms. The first kappa shape index (κ1) is 13.1. The summed E-state index contributed by atoms with van der Waals surface area (Å²) in [6, 6.07) is 7.62. The molecular weight excluding hydrogens is 250 g/mol. The van der Waals surface area contributed by atoms with E-state index in [0.29, 0.717) is 5.69 Å². The van der Waals surface area contributed by atoms with Gasteiger partial charge in [0.1, 0.15) is 5.60 Å². The van der Waals surface area contributed by atoms with Gasteiger partial charge in [-0.05, 0) is 12.1 Å². The Hall–Kier alpha value is -1.86. The van der Waals surface area contributed by atoms with Gasteiger partial charge in [-0.1, -0.05) is 36.3 Å². The van der Waals surface area contributed by atoms with E-state index in [1.54, 1.807) is 0 Å². The first-order valence-corrected chi connectivity index (χ1v) is 7.20. The topological polar surface area (TPSA) is 29.2 Å². The minimum atomic E-state index is -0.0839. The Morgan fingerprint density at radius 2 is 2.00 bits per heavy atom. The van der Waals surface area contributed by atoms with Gasteiger partial charge in [0.15, 0.2) is 5.69 Å². The van der Waals surface area contributed by atoms with Gasteiger partial charge in [0.2, 0.25) is 0 Å². The maximum absolute atomic E-state index is 6.98. The van der Waals surface area contributed by atoms with Crippen LogP contribution in [0.5, 0.6) is 0 Å². The number of likely N-dealkylation sites (tertiary alicyclic amines) is 1. The molecule has 0 aliphatic carbocycles. The number of rotatable bonds is 2. The molecule has 1 aromatic carbocycles. The van der Waals surface area contributed by atoms with Crippen LogP contribution in [-0.4, -0.2) is 35.8 Å². The summed E-state index contributed by atoms with van der Waals surface area (Å²) in [7, 11) is 0. The smallest absolute Gasteiger partial charge is 0.187 e. The Morgan fingerprint density at radius 1 is 1.30 bits per heavy atom. The second-order valence-electron chi connectivity index (χ2n) is 5.58. The zero-order valence-corrected chi connectivity index (χ0v) is 11.8. The molecule has 2 aliphatic heterocycles. The van der Waals surface area contributed by atoms with Crippen molar-refractivity contribution in [2.24, 2.45) is 5.16 Å². The number of benzene rings is 1. The minimum absolute atomic E-state index is 0.0839. The summed E-state index contributed by atoms with van der Waals surface area (Å²) in [6.07, 6.45) is 2.99. The summed E-state index contributed by atoms with van der Waals surface area (Å²) < 4.78 is 0. The number of hydrogen-bond acceptors (Lipinski definition) is 3. The maximum Gasteiger partial charge on any atom is 0.187 e. The van der Waals surface area contributed by atoms with Gasteiger partial charge < -0.3 is 9.74 Å². The number of oxime groups is 1. The van der Waals surface area contributed by atoms with Gasteiger partial charge in [0.25, 0.3) is 0 Å².